The fraction of sp³-hybridized carbons (Fsp3) is 0.250. The number of benzene rings is 2. The van der Waals surface area contributed by atoms with Crippen LogP contribution in [0.5, 0.6) is 0 Å². The van der Waals surface area contributed by atoms with Gasteiger partial charge in [0.2, 0.25) is 0 Å². The van der Waals surface area contributed by atoms with E-state index in [-0.39, 0.29) is 0 Å². The number of ether oxygens (including phenoxy) is 1. The van der Waals surface area contributed by atoms with Gasteiger partial charge in [-0.15, -0.1) is 0 Å². The van der Waals surface area contributed by atoms with E-state index >= 15 is 0 Å². The lowest BCUT2D eigenvalue weighted by atomic mass is 10.0. The average Bonchev–Trinajstić information content (AvgIpc) is 2.52. The van der Waals surface area contributed by atoms with Crippen molar-refractivity contribution in [3.63, 3.8) is 0 Å². The van der Waals surface area contributed by atoms with Crippen molar-refractivity contribution < 1.29 is 24.5 Å². The highest BCUT2D eigenvalue weighted by molar-refractivity contribution is 6.27. The summed E-state index contributed by atoms with van der Waals surface area (Å²) in [7, 11) is 1.72. The van der Waals surface area contributed by atoms with Crippen molar-refractivity contribution in [2.45, 2.75) is 6.54 Å². The third-order valence-electron chi connectivity index (χ3n) is 2.86. The van der Waals surface area contributed by atoms with Crippen molar-refractivity contribution in [3.8, 4) is 0 Å². The van der Waals surface area contributed by atoms with Crippen molar-refractivity contribution >= 4 is 22.7 Å². The lowest BCUT2D eigenvalue weighted by molar-refractivity contribution is -0.159. The number of hydrogen-bond donors (Lipinski definition) is 3. The molecule has 0 unspecified atom stereocenters. The number of carboxylic acids is 2. The highest BCUT2D eigenvalue weighted by Crippen LogP contribution is 2.17. The van der Waals surface area contributed by atoms with Crippen LogP contribution in [0.15, 0.2) is 42.5 Å². The van der Waals surface area contributed by atoms with Crippen LogP contribution in [-0.2, 0) is 20.9 Å². The SMILES string of the molecule is COCCNCc1cccc2ccccc12.O=C(O)C(=O)O. The predicted octanol–water partition coefficient (Wildman–Crippen LogP) is 1.73. The molecule has 0 amide bonds. The standard InChI is InChI=1S/C14H17NO.C2H2O4/c1-16-10-9-15-11-13-7-4-6-12-5-2-3-8-14(12)13;3-1(4)2(5)6/h2-8,15H,9-11H2,1H3;(H,3,4)(H,5,6). The van der Waals surface area contributed by atoms with Gasteiger partial charge in [-0.25, -0.2) is 9.59 Å². The first-order chi connectivity index (χ1) is 10.6. The van der Waals surface area contributed by atoms with Crippen molar-refractivity contribution in [2.24, 2.45) is 0 Å². The van der Waals surface area contributed by atoms with E-state index in [1.807, 2.05) is 0 Å². The number of carboxylic acid groups (broad SMARTS) is 2. The van der Waals surface area contributed by atoms with E-state index in [9.17, 15) is 0 Å². The van der Waals surface area contributed by atoms with Crippen molar-refractivity contribution in [3.05, 3.63) is 48.0 Å². The minimum absolute atomic E-state index is 0.755. The average molecular weight is 305 g/mol. The van der Waals surface area contributed by atoms with Crippen molar-refractivity contribution in [1.29, 1.82) is 0 Å². The largest absolute Gasteiger partial charge is 0.473 e. The molecule has 0 aliphatic rings. The molecule has 0 bridgehead atoms. The zero-order chi connectivity index (χ0) is 16.4. The fourth-order valence-electron chi connectivity index (χ4n) is 1.84. The zero-order valence-electron chi connectivity index (χ0n) is 12.3. The topological polar surface area (TPSA) is 95.9 Å². The molecule has 6 nitrogen and oxygen atoms in total. The first kappa shape index (κ1) is 17.6. The minimum Gasteiger partial charge on any atom is -0.473 e. The monoisotopic (exact) mass is 305 g/mol. The highest BCUT2D eigenvalue weighted by atomic mass is 16.5. The molecule has 2 aromatic rings. The van der Waals surface area contributed by atoms with Crippen LogP contribution in [0.4, 0.5) is 0 Å². The molecule has 0 atom stereocenters. The molecule has 2 rings (SSSR count). The van der Waals surface area contributed by atoms with Crippen LogP contribution in [-0.4, -0.2) is 42.4 Å². The maximum atomic E-state index is 9.10. The smallest absolute Gasteiger partial charge is 0.414 e. The summed E-state index contributed by atoms with van der Waals surface area (Å²) in [5, 5.41) is 20.8. The number of carbonyl (C=O) groups is 2. The van der Waals surface area contributed by atoms with Gasteiger partial charge in [-0.3, -0.25) is 0 Å². The Bertz CT molecular complexity index is 609. The number of rotatable bonds is 5. The van der Waals surface area contributed by atoms with Crippen LogP contribution >= 0.6 is 0 Å². The second-order valence-corrected chi connectivity index (χ2v) is 4.42. The van der Waals surface area contributed by atoms with Gasteiger partial charge in [0.05, 0.1) is 6.61 Å². The molecule has 0 saturated heterocycles. The Kier molecular flexibility index (Phi) is 7.60. The Morgan fingerprint density at radius 1 is 1.05 bits per heavy atom. The van der Waals surface area contributed by atoms with E-state index in [0.29, 0.717) is 0 Å². The molecule has 22 heavy (non-hydrogen) atoms. The molecule has 0 spiro atoms. The molecule has 6 heteroatoms. The lowest BCUT2D eigenvalue weighted by Crippen LogP contribution is -2.18. The summed E-state index contributed by atoms with van der Waals surface area (Å²) in [6, 6.07) is 14.9. The minimum atomic E-state index is -1.82. The first-order valence-corrected chi connectivity index (χ1v) is 6.68. The third-order valence-corrected chi connectivity index (χ3v) is 2.86. The second-order valence-electron chi connectivity index (χ2n) is 4.42. The molecule has 0 aliphatic carbocycles. The first-order valence-electron chi connectivity index (χ1n) is 6.68. The molecule has 0 fully saturated rings. The van der Waals surface area contributed by atoms with Gasteiger partial charge in [0.1, 0.15) is 0 Å². The molecule has 2 aromatic carbocycles. The van der Waals surface area contributed by atoms with E-state index in [1.54, 1.807) is 7.11 Å². The molecule has 3 N–H and O–H groups in total. The summed E-state index contributed by atoms with van der Waals surface area (Å²) < 4.78 is 5.00. The summed E-state index contributed by atoms with van der Waals surface area (Å²) in [5.41, 5.74) is 1.34. The highest BCUT2D eigenvalue weighted by Gasteiger charge is 2.04. The number of fused-ring (bicyclic) bond motifs is 1. The van der Waals surface area contributed by atoms with E-state index in [2.05, 4.69) is 47.8 Å². The molecule has 0 aliphatic heterocycles. The second kappa shape index (κ2) is 9.49. The summed E-state index contributed by atoms with van der Waals surface area (Å²) in [6.07, 6.45) is 0. The molecular formula is C16H19NO5. The summed E-state index contributed by atoms with van der Waals surface area (Å²) in [5.74, 6) is -3.65. The summed E-state index contributed by atoms with van der Waals surface area (Å²) in [6.45, 7) is 2.54. The van der Waals surface area contributed by atoms with Crippen LogP contribution in [0, 0.1) is 0 Å². The Balaban J connectivity index is 0.000000346. The van der Waals surface area contributed by atoms with E-state index in [0.717, 1.165) is 19.7 Å². The van der Waals surface area contributed by atoms with Gasteiger partial charge < -0.3 is 20.3 Å². The maximum absolute atomic E-state index is 9.10. The van der Waals surface area contributed by atoms with Crippen LogP contribution in [0.1, 0.15) is 5.56 Å². The molecule has 0 heterocycles. The molecule has 118 valence electrons. The van der Waals surface area contributed by atoms with Gasteiger partial charge in [0.25, 0.3) is 0 Å². The van der Waals surface area contributed by atoms with E-state index in [1.165, 1.54) is 16.3 Å². The van der Waals surface area contributed by atoms with Gasteiger partial charge in [-0.05, 0) is 16.3 Å². The lowest BCUT2D eigenvalue weighted by Gasteiger charge is -2.07. The predicted molar refractivity (Wildman–Crippen MR) is 82.8 cm³/mol. The maximum Gasteiger partial charge on any atom is 0.414 e. The van der Waals surface area contributed by atoms with Gasteiger partial charge in [-0.2, -0.15) is 0 Å². The van der Waals surface area contributed by atoms with Crippen LogP contribution < -0.4 is 5.32 Å². The quantitative estimate of drug-likeness (QED) is 0.575. The van der Waals surface area contributed by atoms with E-state index < -0.39 is 11.9 Å². The number of methoxy groups -OCH3 is 1. The van der Waals surface area contributed by atoms with Crippen LogP contribution in [0.3, 0.4) is 0 Å². The molecule has 0 aromatic heterocycles. The number of aliphatic carboxylic acids is 2. The van der Waals surface area contributed by atoms with Crippen LogP contribution in [0.25, 0.3) is 10.8 Å². The fourth-order valence-corrected chi connectivity index (χ4v) is 1.84. The summed E-state index contributed by atoms with van der Waals surface area (Å²) >= 11 is 0. The Hall–Kier alpha value is -2.44. The van der Waals surface area contributed by atoms with Crippen molar-refractivity contribution in [1.82, 2.24) is 5.32 Å². The third kappa shape index (κ3) is 5.90. The van der Waals surface area contributed by atoms with Gasteiger partial charge in [0.15, 0.2) is 0 Å². The van der Waals surface area contributed by atoms with E-state index in [4.69, 9.17) is 24.5 Å². The number of hydrogen-bond acceptors (Lipinski definition) is 4. The Morgan fingerprint density at radius 2 is 1.68 bits per heavy atom. The molecular weight excluding hydrogens is 286 g/mol. The van der Waals surface area contributed by atoms with Crippen LogP contribution in [0.2, 0.25) is 0 Å². The van der Waals surface area contributed by atoms with Gasteiger partial charge in [-0.1, -0.05) is 42.5 Å². The summed E-state index contributed by atoms with van der Waals surface area (Å²) in [4.78, 5) is 18.2. The molecule has 0 saturated carbocycles. The molecule has 0 radical (unpaired) electrons. The normalized spacial score (nSPS) is 9.86. The van der Waals surface area contributed by atoms with Gasteiger partial charge >= 0.3 is 11.9 Å². The van der Waals surface area contributed by atoms with Gasteiger partial charge in [0, 0.05) is 20.2 Å². The Labute approximate surface area is 128 Å². The van der Waals surface area contributed by atoms with Crippen molar-refractivity contribution in [2.75, 3.05) is 20.3 Å². The Morgan fingerprint density at radius 3 is 2.32 bits per heavy atom. The number of nitrogens with one attached hydrogen (secondary N) is 1. The zero-order valence-corrected chi connectivity index (χ0v) is 12.3.